The summed E-state index contributed by atoms with van der Waals surface area (Å²) < 4.78 is 11.6. The van der Waals surface area contributed by atoms with E-state index in [1.807, 2.05) is 18.2 Å². The number of carbonyl (C=O) groups excluding carboxylic acids is 2. The van der Waals surface area contributed by atoms with Gasteiger partial charge in [0.1, 0.15) is 17.9 Å². The molecule has 4 rings (SSSR count). The molecule has 8 nitrogen and oxygen atoms in total. The highest BCUT2D eigenvalue weighted by atomic mass is 16.5. The van der Waals surface area contributed by atoms with Gasteiger partial charge in [0, 0.05) is 23.1 Å². The molecule has 0 spiro atoms. The van der Waals surface area contributed by atoms with Gasteiger partial charge in [-0.15, -0.1) is 0 Å². The largest absolute Gasteiger partial charge is 0.492 e. The van der Waals surface area contributed by atoms with Crippen LogP contribution in [-0.4, -0.2) is 43.0 Å². The number of anilines is 2. The van der Waals surface area contributed by atoms with Crippen LogP contribution in [0, 0.1) is 0 Å². The predicted molar refractivity (Wildman–Crippen MR) is 146 cm³/mol. The maximum atomic E-state index is 12.6. The molecule has 37 heavy (non-hydrogen) atoms. The minimum absolute atomic E-state index is 0.261. The molecule has 0 bridgehead atoms. The summed E-state index contributed by atoms with van der Waals surface area (Å²) in [5.74, 6) is 0.315. The molecular formula is C29H32N4O4. The molecule has 0 atom stereocenters. The maximum Gasteiger partial charge on any atom is 0.287 e. The monoisotopic (exact) mass is 500 g/mol. The second-order valence-electron chi connectivity index (χ2n) is 8.58. The van der Waals surface area contributed by atoms with Crippen LogP contribution in [0.25, 0.3) is 11.0 Å². The number of ether oxygens (including phenoxy) is 1. The lowest BCUT2D eigenvalue weighted by molar-refractivity contribution is 0.0920. The molecule has 1 aromatic heterocycles. The van der Waals surface area contributed by atoms with Crippen LogP contribution in [-0.2, 0) is 6.54 Å². The molecule has 0 saturated carbocycles. The highest BCUT2D eigenvalue weighted by Crippen LogP contribution is 2.24. The molecule has 4 N–H and O–H groups in total. The Morgan fingerprint density at radius 2 is 1.70 bits per heavy atom. The van der Waals surface area contributed by atoms with Crippen LogP contribution in [0.4, 0.5) is 11.4 Å². The van der Waals surface area contributed by atoms with Gasteiger partial charge in [-0.25, -0.2) is 0 Å². The molecule has 4 aromatic rings. The summed E-state index contributed by atoms with van der Waals surface area (Å²) in [6.07, 6.45) is 0. The van der Waals surface area contributed by atoms with Crippen molar-refractivity contribution in [3.63, 3.8) is 0 Å². The van der Waals surface area contributed by atoms with E-state index in [4.69, 9.17) is 14.9 Å². The summed E-state index contributed by atoms with van der Waals surface area (Å²) in [7, 11) is 0. The van der Waals surface area contributed by atoms with Crippen LogP contribution in [0.1, 0.15) is 40.3 Å². The fourth-order valence-electron chi connectivity index (χ4n) is 3.98. The van der Waals surface area contributed by atoms with Gasteiger partial charge in [0.2, 0.25) is 0 Å². The van der Waals surface area contributed by atoms with Crippen molar-refractivity contribution in [1.82, 2.24) is 10.2 Å². The Morgan fingerprint density at radius 1 is 0.946 bits per heavy atom. The van der Waals surface area contributed by atoms with Crippen LogP contribution >= 0.6 is 0 Å². The van der Waals surface area contributed by atoms with Crippen molar-refractivity contribution in [2.75, 3.05) is 37.3 Å². The van der Waals surface area contributed by atoms with Crippen molar-refractivity contribution in [1.29, 1.82) is 0 Å². The molecule has 0 aliphatic rings. The molecule has 0 aliphatic heterocycles. The lowest BCUT2D eigenvalue weighted by Gasteiger charge is -2.17. The zero-order valence-electron chi connectivity index (χ0n) is 21.1. The number of furan rings is 1. The Labute approximate surface area is 216 Å². The quantitative estimate of drug-likeness (QED) is 0.199. The van der Waals surface area contributed by atoms with Crippen molar-refractivity contribution in [2.24, 2.45) is 0 Å². The first-order valence-electron chi connectivity index (χ1n) is 12.4. The van der Waals surface area contributed by atoms with Gasteiger partial charge in [0.05, 0.1) is 17.9 Å². The number of carbonyl (C=O) groups is 2. The third-order valence-corrected chi connectivity index (χ3v) is 6.12. The van der Waals surface area contributed by atoms with Crippen LogP contribution in [0.3, 0.4) is 0 Å². The number of benzene rings is 3. The molecule has 0 unspecified atom stereocenters. The third kappa shape index (κ3) is 6.48. The van der Waals surface area contributed by atoms with Crippen molar-refractivity contribution in [3.05, 3.63) is 89.7 Å². The number of fused-ring (bicyclic) bond motifs is 1. The summed E-state index contributed by atoms with van der Waals surface area (Å²) in [5.41, 5.74) is 9.23. The number of nitrogens with one attached hydrogen (secondary N) is 2. The number of para-hydroxylation sites is 3. The Balaban J connectivity index is 1.27. The SMILES string of the molecule is CCN(CC)Cc1cccc2cc(C(=O)NCCOc3ccc(C(=O)Nc4ccccc4N)cc3)oc12. The van der Waals surface area contributed by atoms with Gasteiger partial charge >= 0.3 is 0 Å². The summed E-state index contributed by atoms with van der Waals surface area (Å²) in [4.78, 5) is 27.4. The number of hydrogen-bond donors (Lipinski definition) is 3. The van der Waals surface area contributed by atoms with Crippen molar-refractivity contribution < 1.29 is 18.7 Å². The molecular weight excluding hydrogens is 468 g/mol. The Kier molecular flexibility index (Phi) is 8.43. The number of rotatable bonds is 11. The fraction of sp³-hybridized carbons (Fsp3) is 0.241. The molecule has 8 heteroatoms. The molecule has 192 valence electrons. The van der Waals surface area contributed by atoms with E-state index < -0.39 is 0 Å². The summed E-state index contributed by atoms with van der Waals surface area (Å²) >= 11 is 0. The van der Waals surface area contributed by atoms with Crippen LogP contribution < -0.4 is 21.1 Å². The van der Waals surface area contributed by atoms with Crippen LogP contribution in [0.15, 0.2) is 77.2 Å². The first kappa shape index (κ1) is 25.8. The lowest BCUT2D eigenvalue weighted by Crippen LogP contribution is -2.27. The van der Waals surface area contributed by atoms with E-state index in [1.165, 1.54) is 0 Å². The van der Waals surface area contributed by atoms with Gasteiger partial charge in [0.25, 0.3) is 11.8 Å². The number of hydrogen-bond acceptors (Lipinski definition) is 6. The topological polar surface area (TPSA) is 110 Å². The second-order valence-corrected chi connectivity index (χ2v) is 8.58. The van der Waals surface area contributed by atoms with Crippen molar-refractivity contribution in [3.8, 4) is 5.75 Å². The maximum absolute atomic E-state index is 12.6. The smallest absolute Gasteiger partial charge is 0.287 e. The standard InChI is InChI=1S/C29H32N4O4/c1-3-33(4-2)19-22-9-7-8-21-18-26(37-27(21)22)29(35)31-16-17-36-23-14-12-20(13-15-23)28(34)32-25-11-6-5-10-24(25)30/h5-15,18H,3-4,16-17,19,30H2,1-2H3,(H,31,35)(H,32,34). The summed E-state index contributed by atoms with van der Waals surface area (Å²) in [5, 5.41) is 6.53. The lowest BCUT2D eigenvalue weighted by atomic mass is 10.1. The normalized spacial score (nSPS) is 11.0. The highest BCUT2D eigenvalue weighted by molar-refractivity contribution is 6.05. The van der Waals surface area contributed by atoms with E-state index in [0.717, 1.165) is 36.2 Å². The first-order valence-corrected chi connectivity index (χ1v) is 12.4. The van der Waals surface area contributed by atoms with E-state index in [9.17, 15) is 9.59 Å². The minimum Gasteiger partial charge on any atom is -0.492 e. The first-order chi connectivity index (χ1) is 18.0. The molecule has 0 fully saturated rings. The van der Waals surface area contributed by atoms with E-state index in [0.29, 0.717) is 29.2 Å². The van der Waals surface area contributed by atoms with E-state index in [2.05, 4.69) is 29.4 Å². The van der Waals surface area contributed by atoms with Gasteiger partial charge in [-0.1, -0.05) is 44.2 Å². The summed E-state index contributed by atoms with van der Waals surface area (Å²) in [6, 6.07) is 21.6. The zero-order chi connectivity index (χ0) is 26.2. The number of amides is 2. The Hall–Kier alpha value is -4.30. The van der Waals surface area contributed by atoms with Crippen molar-refractivity contribution in [2.45, 2.75) is 20.4 Å². The minimum atomic E-state index is -0.291. The van der Waals surface area contributed by atoms with Gasteiger partial charge in [-0.05, 0) is 55.6 Å². The van der Waals surface area contributed by atoms with E-state index >= 15 is 0 Å². The van der Waals surface area contributed by atoms with Crippen LogP contribution in [0.2, 0.25) is 0 Å². The Bertz CT molecular complexity index is 1360. The molecule has 0 aliphatic carbocycles. The average molecular weight is 501 g/mol. The third-order valence-electron chi connectivity index (χ3n) is 6.12. The fourth-order valence-corrected chi connectivity index (χ4v) is 3.98. The second kappa shape index (κ2) is 12.1. The van der Waals surface area contributed by atoms with Gasteiger partial charge in [-0.3, -0.25) is 14.5 Å². The van der Waals surface area contributed by atoms with Gasteiger partial charge < -0.3 is 25.5 Å². The number of nitrogens with two attached hydrogens (primary N) is 1. The van der Waals surface area contributed by atoms with Gasteiger partial charge in [0.15, 0.2) is 5.76 Å². The van der Waals surface area contributed by atoms with E-state index in [-0.39, 0.29) is 24.2 Å². The zero-order valence-corrected chi connectivity index (χ0v) is 21.1. The van der Waals surface area contributed by atoms with Crippen LogP contribution in [0.5, 0.6) is 5.75 Å². The number of nitrogens with zero attached hydrogens (tertiary/aromatic N) is 1. The highest BCUT2D eigenvalue weighted by Gasteiger charge is 2.15. The number of nitrogen functional groups attached to an aromatic ring is 1. The van der Waals surface area contributed by atoms with Crippen molar-refractivity contribution >= 4 is 34.2 Å². The van der Waals surface area contributed by atoms with Gasteiger partial charge in [-0.2, -0.15) is 0 Å². The molecule has 1 heterocycles. The summed E-state index contributed by atoms with van der Waals surface area (Å²) in [6.45, 7) is 7.48. The average Bonchev–Trinajstić information content (AvgIpc) is 3.37. The Morgan fingerprint density at radius 3 is 2.43 bits per heavy atom. The molecule has 0 radical (unpaired) electrons. The molecule has 3 aromatic carbocycles. The molecule has 0 saturated heterocycles. The van der Waals surface area contributed by atoms with E-state index in [1.54, 1.807) is 54.6 Å². The predicted octanol–water partition coefficient (Wildman–Crippen LogP) is 4.92. The molecule has 2 amide bonds.